The molecule has 0 aliphatic carbocycles. The van der Waals surface area contributed by atoms with Gasteiger partial charge in [0.1, 0.15) is 6.04 Å². The van der Waals surface area contributed by atoms with E-state index < -0.39 is 17.8 Å². The van der Waals surface area contributed by atoms with E-state index >= 15 is 0 Å². The van der Waals surface area contributed by atoms with Gasteiger partial charge in [-0.25, -0.2) is 0 Å². The fraction of sp³-hybridized carbons (Fsp3) is 0.333. The molecule has 3 atom stereocenters. The molecule has 2 aromatic carbocycles. The Morgan fingerprint density at radius 1 is 1.10 bits per heavy atom. The van der Waals surface area contributed by atoms with E-state index in [4.69, 9.17) is 9.47 Å². The molecule has 4 aliphatic heterocycles. The topological polar surface area (TPSA) is 79.3 Å². The second-order valence-electron chi connectivity index (χ2n) is 8.50. The van der Waals surface area contributed by atoms with Crippen LogP contribution in [0.15, 0.2) is 43.0 Å². The molecule has 0 saturated carbocycles. The third kappa shape index (κ3) is 2.21. The first-order chi connectivity index (χ1) is 14.9. The molecule has 0 aromatic heterocycles. The van der Waals surface area contributed by atoms with E-state index in [9.17, 15) is 14.7 Å². The van der Waals surface area contributed by atoms with Crippen molar-refractivity contribution in [1.82, 2.24) is 9.80 Å². The molecule has 0 spiro atoms. The van der Waals surface area contributed by atoms with Crippen molar-refractivity contribution in [3.8, 4) is 11.5 Å². The third-order valence-electron chi connectivity index (χ3n) is 6.89. The second-order valence-corrected chi connectivity index (χ2v) is 8.50. The zero-order valence-electron chi connectivity index (χ0n) is 17.1. The lowest BCUT2D eigenvalue weighted by atomic mass is 9.80. The van der Waals surface area contributed by atoms with Gasteiger partial charge in [-0.15, -0.1) is 0 Å². The fourth-order valence-corrected chi connectivity index (χ4v) is 5.44. The summed E-state index contributed by atoms with van der Waals surface area (Å²) < 4.78 is 11.7. The molecule has 0 bridgehead atoms. The van der Waals surface area contributed by atoms with Gasteiger partial charge in [-0.05, 0) is 37.1 Å². The number of fused-ring (bicyclic) bond motifs is 7. The lowest BCUT2D eigenvalue weighted by Crippen LogP contribution is -2.70. The largest absolute Gasteiger partial charge is 0.490 e. The highest BCUT2D eigenvalue weighted by molar-refractivity contribution is 6.05. The Morgan fingerprint density at radius 2 is 1.81 bits per heavy atom. The van der Waals surface area contributed by atoms with E-state index in [0.717, 1.165) is 17.5 Å². The minimum absolute atomic E-state index is 0.251. The first-order valence-electron chi connectivity index (χ1n) is 10.5. The van der Waals surface area contributed by atoms with Gasteiger partial charge in [-0.1, -0.05) is 24.8 Å². The monoisotopic (exact) mass is 418 g/mol. The van der Waals surface area contributed by atoms with Crippen LogP contribution in [0.2, 0.25) is 0 Å². The number of nitrogens with zero attached hydrogens (tertiary/aromatic N) is 2. The molecule has 4 aliphatic rings. The summed E-state index contributed by atoms with van der Waals surface area (Å²) in [6.07, 6.45) is 1.15. The Labute approximate surface area is 179 Å². The van der Waals surface area contributed by atoms with Gasteiger partial charge in [0.05, 0.1) is 19.3 Å². The number of benzene rings is 2. The van der Waals surface area contributed by atoms with E-state index in [-0.39, 0.29) is 11.8 Å². The minimum atomic E-state index is -1.63. The number of amides is 2. The molecular weight excluding hydrogens is 396 g/mol. The van der Waals surface area contributed by atoms with Crippen molar-refractivity contribution in [1.29, 1.82) is 0 Å². The molecule has 7 nitrogen and oxygen atoms in total. The summed E-state index contributed by atoms with van der Waals surface area (Å²) in [5, 5.41) is 12.1. The van der Waals surface area contributed by atoms with Crippen molar-refractivity contribution in [2.75, 3.05) is 13.2 Å². The van der Waals surface area contributed by atoms with Crippen LogP contribution in [-0.2, 0) is 16.9 Å². The van der Waals surface area contributed by atoms with Crippen LogP contribution in [0.4, 0.5) is 0 Å². The van der Waals surface area contributed by atoms with Crippen LogP contribution in [0.25, 0.3) is 5.70 Å². The zero-order chi connectivity index (χ0) is 21.5. The molecule has 2 aromatic rings. The van der Waals surface area contributed by atoms with Crippen LogP contribution in [0.3, 0.4) is 0 Å². The molecule has 0 radical (unpaired) electrons. The number of rotatable bonds is 0. The lowest BCUT2D eigenvalue weighted by molar-refractivity contribution is -0.189. The van der Waals surface area contributed by atoms with Crippen LogP contribution in [0.1, 0.15) is 40.4 Å². The van der Waals surface area contributed by atoms with Crippen molar-refractivity contribution in [3.05, 3.63) is 65.2 Å². The number of aliphatic hydroxyl groups is 1. The first kappa shape index (κ1) is 18.4. The van der Waals surface area contributed by atoms with Crippen molar-refractivity contribution < 1.29 is 24.2 Å². The highest BCUT2D eigenvalue weighted by Crippen LogP contribution is 2.51. The number of piperazine rings is 1. The lowest BCUT2D eigenvalue weighted by Gasteiger charge is -2.54. The molecule has 1 N–H and O–H groups in total. The average molecular weight is 418 g/mol. The summed E-state index contributed by atoms with van der Waals surface area (Å²) in [6.45, 7) is 7.00. The maximum absolute atomic E-state index is 13.4. The van der Waals surface area contributed by atoms with E-state index in [2.05, 4.69) is 6.58 Å². The van der Waals surface area contributed by atoms with E-state index in [0.29, 0.717) is 48.0 Å². The van der Waals surface area contributed by atoms with Gasteiger partial charge in [-0.3, -0.25) is 14.5 Å². The number of carbonyl (C=O) groups excluding carboxylic acids is 2. The molecule has 7 heteroatoms. The van der Waals surface area contributed by atoms with Gasteiger partial charge < -0.3 is 19.5 Å². The number of ether oxygens (including phenoxy) is 2. The Balaban J connectivity index is 1.54. The molecule has 4 heterocycles. The van der Waals surface area contributed by atoms with Gasteiger partial charge >= 0.3 is 0 Å². The zero-order valence-corrected chi connectivity index (χ0v) is 17.1. The highest BCUT2D eigenvalue weighted by Gasteiger charge is 2.63. The Kier molecular flexibility index (Phi) is 3.63. The average Bonchev–Trinajstić information content (AvgIpc) is 2.89. The quantitative estimate of drug-likeness (QED) is 0.710. The normalized spacial score (nSPS) is 28.5. The van der Waals surface area contributed by atoms with Gasteiger partial charge in [0, 0.05) is 28.8 Å². The van der Waals surface area contributed by atoms with Crippen LogP contribution in [-0.4, -0.2) is 52.0 Å². The predicted octanol–water partition coefficient (Wildman–Crippen LogP) is 2.28. The second kappa shape index (κ2) is 6.11. The first-order valence-corrected chi connectivity index (χ1v) is 10.5. The van der Waals surface area contributed by atoms with E-state index in [1.165, 1.54) is 4.90 Å². The third-order valence-corrected chi connectivity index (χ3v) is 6.89. The molecule has 1 saturated heterocycles. The summed E-state index contributed by atoms with van der Waals surface area (Å²) in [5.74, 6) is 0.710. The molecule has 2 amide bonds. The maximum atomic E-state index is 13.4. The van der Waals surface area contributed by atoms with Gasteiger partial charge in [-0.2, -0.15) is 0 Å². The Bertz CT molecular complexity index is 1170. The number of hydrogen-bond acceptors (Lipinski definition) is 5. The van der Waals surface area contributed by atoms with E-state index in [1.54, 1.807) is 36.1 Å². The smallest absolute Gasteiger partial charge is 0.257 e. The molecule has 6 rings (SSSR count). The Morgan fingerprint density at radius 3 is 2.58 bits per heavy atom. The standard InChI is InChI=1S/C24H22N2O5/c1-13-17-12-20-19(30-8-5-9-31-20)10-15(17)11-21-24(29)18-7-4-3-6-16(18)23(28)26(24)14(2)22(27)25(13)21/h3-4,6-7,10,12,14,21,29H,1,5,8-9,11H2,2H3/t14-,21+,24+/m0/s1. The molecule has 1 fully saturated rings. The summed E-state index contributed by atoms with van der Waals surface area (Å²) in [5.41, 5.74) is 1.54. The summed E-state index contributed by atoms with van der Waals surface area (Å²) in [7, 11) is 0. The summed E-state index contributed by atoms with van der Waals surface area (Å²) in [6, 6.07) is 9.31. The van der Waals surface area contributed by atoms with Crippen LogP contribution in [0, 0.1) is 0 Å². The predicted molar refractivity (Wildman–Crippen MR) is 111 cm³/mol. The number of hydrogen-bond donors (Lipinski definition) is 1. The van der Waals surface area contributed by atoms with Gasteiger partial charge in [0.25, 0.3) is 5.91 Å². The Hall–Kier alpha value is -3.32. The SMILES string of the molecule is C=C1c2cc3c(cc2C[C@H]2N1C(=O)[C@H](C)N1C(=O)c4ccccc4[C@@]21O)OCCCO3. The van der Waals surface area contributed by atoms with Gasteiger partial charge in [0.2, 0.25) is 5.91 Å². The summed E-state index contributed by atoms with van der Waals surface area (Å²) in [4.78, 5) is 29.5. The molecule has 0 unspecified atom stereocenters. The number of carbonyl (C=O) groups is 2. The molecular formula is C24H22N2O5. The summed E-state index contributed by atoms with van der Waals surface area (Å²) >= 11 is 0. The van der Waals surface area contributed by atoms with Crippen LogP contribution in [0.5, 0.6) is 11.5 Å². The highest BCUT2D eigenvalue weighted by atomic mass is 16.5. The maximum Gasteiger partial charge on any atom is 0.257 e. The molecule has 31 heavy (non-hydrogen) atoms. The molecule has 158 valence electrons. The van der Waals surface area contributed by atoms with Crippen molar-refractivity contribution in [3.63, 3.8) is 0 Å². The van der Waals surface area contributed by atoms with Crippen molar-refractivity contribution in [2.45, 2.75) is 37.6 Å². The van der Waals surface area contributed by atoms with Crippen molar-refractivity contribution in [2.24, 2.45) is 0 Å². The van der Waals surface area contributed by atoms with Crippen LogP contribution >= 0.6 is 0 Å². The van der Waals surface area contributed by atoms with Crippen LogP contribution < -0.4 is 9.47 Å². The minimum Gasteiger partial charge on any atom is -0.490 e. The van der Waals surface area contributed by atoms with E-state index in [1.807, 2.05) is 12.1 Å². The van der Waals surface area contributed by atoms with Crippen molar-refractivity contribution >= 4 is 17.5 Å². The fourth-order valence-electron chi connectivity index (χ4n) is 5.44. The van der Waals surface area contributed by atoms with Gasteiger partial charge in [0.15, 0.2) is 17.2 Å².